The van der Waals surface area contributed by atoms with E-state index in [1.165, 1.54) is 0 Å². The molecule has 4 nitrogen and oxygen atoms in total. The van der Waals surface area contributed by atoms with Gasteiger partial charge >= 0.3 is 5.97 Å². The fourth-order valence-electron chi connectivity index (χ4n) is 1.85. The molecule has 2 N–H and O–H groups in total. The second kappa shape index (κ2) is 8.33. The van der Waals surface area contributed by atoms with Gasteiger partial charge in [0.15, 0.2) is 5.11 Å². The maximum atomic E-state index is 11.8. The van der Waals surface area contributed by atoms with E-state index in [1.54, 1.807) is 56.3 Å². The summed E-state index contributed by atoms with van der Waals surface area (Å²) in [6.07, 6.45) is -0.158. The Morgan fingerprint density at radius 3 is 2.38 bits per heavy atom. The molecule has 7 heteroatoms. The highest BCUT2D eigenvalue weighted by molar-refractivity contribution is 7.80. The Bertz CT molecular complexity index is 749. The first-order chi connectivity index (χ1) is 11.3. The average molecular weight is 383 g/mol. The van der Waals surface area contributed by atoms with Crippen molar-refractivity contribution in [1.29, 1.82) is 0 Å². The molecule has 0 aliphatic carbocycles. The number of esters is 1. The van der Waals surface area contributed by atoms with Crippen molar-refractivity contribution in [2.45, 2.75) is 20.0 Å². The van der Waals surface area contributed by atoms with Crippen molar-refractivity contribution in [3.8, 4) is 0 Å². The Kier molecular flexibility index (Phi) is 6.43. The highest BCUT2D eigenvalue weighted by atomic mass is 35.5. The van der Waals surface area contributed by atoms with Crippen molar-refractivity contribution >= 4 is 57.9 Å². The molecule has 2 aromatic rings. The fourth-order valence-corrected chi connectivity index (χ4v) is 2.41. The fraction of sp³-hybridized carbons (Fsp3) is 0.176. The van der Waals surface area contributed by atoms with Gasteiger partial charge < -0.3 is 15.4 Å². The van der Waals surface area contributed by atoms with Crippen LogP contribution in [0.15, 0.2) is 42.5 Å². The number of nitrogens with one attached hydrogen (secondary N) is 2. The standard InChI is InChI=1S/C17H16Cl2N2O2S/c1-10(2)23-16(22)11-3-6-13(7-4-11)20-17(24)21-15-9-12(18)5-8-14(15)19/h3-10H,1-2H3,(H2,20,21,24). The summed E-state index contributed by atoms with van der Waals surface area (Å²) >= 11 is 17.3. The average Bonchev–Trinajstić information content (AvgIpc) is 2.51. The third-order valence-electron chi connectivity index (χ3n) is 2.90. The first kappa shape index (κ1) is 18.5. The molecular weight excluding hydrogens is 367 g/mol. The van der Waals surface area contributed by atoms with E-state index >= 15 is 0 Å². The van der Waals surface area contributed by atoms with Gasteiger partial charge in [-0.05, 0) is 68.5 Å². The summed E-state index contributed by atoms with van der Waals surface area (Å²) < 4.78 is 5.14. The third-order valence-corrected chi connectivity index (χ3v) is 3.67. The van der Waals surface area contributed by atoms with Crippen molar-refractivity contribution in [1.82, 2.24) is 0 Å². The van der Waals surface area contributed by atoms with Crippen molar-refractivity contribution in [2.24, 2.45) is 0 Å². The van der Waals surface area contributed by atoms with Gasteiger partial charge in [-0.1, -0.05) is 23.2 Å². The Labute approximate surface area is 156 Å². The molecule has 0 saturated carbocycles. The molecule has 0 saturated heterocycles. The number of halogens is 2. The number of ether oxygens (including phenoxy) is 1. The summed E-state index contributed by atoms with van der Waals surface area (Å²) in [4.78, 5) is 11.8. The lowest BCUT2D eigenvalue weighted by Gasteiger charge is -2.12. The van der Waals surface area contributed by atoms with Gasteiger partial charge in [0.25, 0.3) is 0 Å². The number of hydrogen-bond donors (Lipinski definition) is 2. The minimum atomic E-state index is -0.358. The van der Waals surface area contributed by atoms with Gasteiger partial charge in [-0.25, -0.2) is 4.79 Å². The molecule has 0 radical (unpaired) electrons. The minimum Gasteiger partial charge on any atom is -0.459 e. The Hall–Kier alpha value is -1.82. The van der Waals surface area contributed by atoms with E-state index < -0.39 is 0 Å². The van der Waals surface area contributed by atoms with Crippen LogP contribution in [0.3, 0.4) is 0 Å². The van der Waals surface area contributed by atoms with E-state index in [0.29, 0.717) is 26.4 Å². The lowest BCUT2D eigenvalue weighted by molar-refractivity contribution is 0.0378. The maximum absolute atomic E-state index is 11.8. The van der Waals surface area contributed by atoms with Gasteiger partial charge in [0.05, 0.1) is 22.4 Å². The number of carbonyl (C=O) groups excluding carboxylic acids is 1. The predicted octanol–water partition coefficient (Wildman–Crippen LogP) is 5.37. The summed E-state index contributed by atoms with van der Waals surface area (Å²) in [6, 6.07) is 11.9. The zero-order valence-corrected chi connectivity index (χ0v) is 15.4. The van der Waals surface area contributed by atoms with E-state index in [1.807, 2.05) is 0 Å². The summed E-state index contributed by atoms with van der Waals surface area (Å²) in [5, 5.41) is 7.41. The zero-order valence-electron chi connectivity index (χ0n) is 13.1. The van der Waals surface area contributed by atoms with Crippen molar-refractivity contribution in [2.75, 3.05) is 10.6 Å². The lowest BCUT2D eigenvalue weighted by atomic mass is 10.2. The second-order valence-electron chi connectivity index (χ2n) is 5.23. The topological polar surface area (TPSA) is 50.4 Å². The maximum Gasteiger partial charge on any atom is 0.338 e. The monoisotopic (exact) mass is 382 g/mol. The van der Waals surface area contributed by atoms with Crippen LogP contribution in [0.5, 0.6) is 0 Å². The van der Waals surface area contributed by atoms with Gasteiger partial charge in [0, 0.05) is 10.7 Å². The summed E-state index contributed by atoms with van der Waals surface area (Å²) in [5.74, 6) is -0.358. The Balaban J connectivity index is 1.99. The van der Waals surface area contributed by atoms with Crippen LogP contribution in [0.25, 0.3) is 0 Å². The molecule has 0 heterocycles. The third kappa shape index (κ3) is 5.37. The molecule has 0 bridgehead atoms. The number of hydrogen-bond acceptors (Lipinski definition) is 3. The zero-order chi connectivity index (χ0) is 17.7. The van der Waals surface area contributed by atoms with Crippen LogP contribution in [-0.4, -0.2) is 17.2 Å². The van der Waals surface area contributed by atoms with E-state index in [0.717, 1.165) is 5.69 Å². The molecule has 0 aromatic heterocycles. The Morgan fingerprint density at radius 1 is 1.08 bits per heavy atom. The van der Waals surface area contributed by atoms with Gasteiger partial charge in [-0.2, -0.15) is 0 Å². The van der Waals surface area contributed by atoms with Crippen LogP contribution in [0.4, 0.5) is 11.4 Å². The smallest absolute Gasteiger partial charge is 0.338 e. The van der Waals surface area contributed by atoms with Crippen LogP contribution in [0.1, 0.15) is 24.2 Å². The van der Waals surface area contributed by atoms with Crippen LogP contribution in [0.2, 0.25) is 10.0 Å². The van der Waals surface area contributed by atoms with Gasteiger partial charge in [-0.15, -0.1) is 0 Å². The first-order valence-electron chi connectivity index (χ1n) is 7.19. The van der Waals surface area contributed by atoms with E-state index in [4.69, 9.17) is 40.2 Å². The quantitative estimate of drug-likeness (QED) is 0.549. The highest BCUT2D eigenvalue weighted by Crippen LogP contribution is 2.25. The molecule has 2 aromatic carbocycles. The van der Waals surface area contributed by atoms with E-state index in [9.17, 15) is 4.79 Å². The number of benzene rings is 2. The van der Waals surface area contributed by atoms with Crippen molar-refractivity contribution in [3.63, 3.8) is 0 Å². The highest BCUT2D eigenvalue weighted by Gasteiger charge is 2.09. The molecule has 126 valence electrons. The molecule has 0 atom stereocenters. The number of thiocarbonyl (C=S) groups is 1. The second-order valence-corrected chi connectivity index (χ2v) is 6.49. The molecule has 24 heavy (non-hydrogen) atoms. The molecule has 0 amide bonds. The number of carbonyl (C=O) groups is 1. The van der Waals surface area contributed by atoms with Crippen molar-refractivity contribution < 1.29 is 9.53 Å². The Morgan fingerprint density at radius 2 is 1.75 bits per heavy atom. The van der Waals surface area contributed by atoms with Gasteiger partial charge in [-0.3, -0.25) is 0 Å². The molecule has 0 spiro atoms. The number of anilines is 2. The molecule has 2 rings (SSSR count). The molecule has 0 unspecified atom stereocenters. The van der Waals surface area contributed by atoms with Gasteiger partial charge in [0.2, 0.25) is 0 Å². The minimum absolute atomic E-state index is 0.158. The lowest BCUT2D eigenvalue weighted by Crippen LogP contribution is -2.19. The van der Waals surface area contributed by atoms with Crippen LogP contribution < -0.4 is 10.6 Å². The van der Waals surface area contributed by atoms with Gasteiger partial charge in [0.1, 0.15) is 0 Å². The largest absolute Gasteiger partial charge is 0.459 e. The van der Waals surface area contributed by atoms with Crippen molar-refractivity contribution in [3.05, 3.63) is 58.1 Å². The van der Waals surface area contributed by atoms with Crippen LogP contribution >= 0.6 is 35.4 Å². The normalized spacial score (nSPS) is 10.4. The molecular formula is C17H16Cl2N2O2S. The summed E-state index contributed by atoms with van der Waals surface area (Å²) in [6.45, 7) is 3.61. The first-order valence-corrected chi connectivity index (χ1v) is 8.35. The SMILES string of the molecule is CC(C)OC(=O)c1ccc(NC(=S)Nc2cc(Cl)ccc2Cl)cc1. The van der Waals surface area contributed by atoms with E-state index in [2.05, 4.69) is 10.6 Å². The molecule has 0 aliphatic rings. The summed E-state index contributed by atoms with van der Waals surface area (Å²) in [5.41, 5.74) is 1.82. The summed E-state index contributed by atoms with van der Waals surface area (Å²) in [7, 11) is 0. The van der Waals surface area contributed by atoms with Crippen LogP contribution in [0, 0.1) is 0 Å². The number of rotatable bonds is 4. The molecule has 0 aliphatic heterocycles. The molecule has 0 fully saturated rings. The predicted molar refractivity (Wildman–Crippen MR) is 103 cm³/mol. The van der Waals surface area contributed by atoms with E-state index in [-0.39, 0.29) is 12.1 Å². The van der Waals surface area contributed by atoms with Crippen LogP contribution in [-0.2, 0) is 4.74 Å².